The average Bonchev–Trinajstić information content (AvgIpc) is 2.71. The van der Waals surface area contributed by atoms with Crippen LogP contribution in [-0.2, 0) is 4.79 Å². The molecule has 1 aromatic carbocycles. The van der Waals surface area contributed by atoms with E-state index in [1.807, 2.05) is 13.8 Å². The number of carboxylic acid groups (broad SMARTS) is 1. The third-order valence-electron chi connectivity index (χ3n) is 4.12. The standard InChI is InChI=1S/C15H17F2NO3/c1-15(2)5-3-4-9(15)13(19)18-12-6-8(14(20)21)10(16)7-11(12)17/h6-7,9H,3-5H2,1-2H3,(H,18,19)(H,20,21). The van der Waals surface area contributed by atoms with Gasteiger partial charge in [0.15, 0.2) is 0 Å². The zero-order valence-corrected chi connectivity index (χ0v) is 11.9. The number of carbonyl (C=O) groups excluding carboxylic acids is 1. The molecule has 2 N–H and O–H groups in total. The lowest BCUT2D eigenvalue weighted by Crippen LogP contribution is -2.31. The number of anilines is 1. The molecule has 1 saturated carbocycles. The molecule has 0 aliphatic heterocycles. The van der Waals surface area contributed by atoms with E-state index in [2.05, 4.69) is 5.32 Å². The predicted octanol–water partition coefficient (Wildman–Crippen LogP) is 3.43. The Hall–Kier alpha value is -1.98. The van der Waals surface area contributed by atoms with Gasteiger partial charge in [0.25, 0.3) is 0 Å². The summed E-state index contributed by atoms with van der Waals surface area (Å²) in [4.78, 5) is 23.1. The van der Waals surface area contributed by atoms with Gasteiger partial charge < -0.3 is 10.4 Å². The van der Waals surface area contributed by atoms with Gasteiger partial charge in [-0.25, -0.2) is 13.6 Å². The predicted molar refractivity (Wildman–Crippen MR) is 73.1 cm³/mol. The van der Waals surface area contributed by atoms with Crippen LogP contribution < -0.4 is 5.32 Å². The Morgan fingerprint density at radius 2 is 1.95 bits per heavy atom. The number of nitrogens with one attached hydrogen (secondary N) is 1. The SMILES string of the molecule is CC1(C)CCCC1C(=O)Nc1cc(C(=O)O)c(F)cc1F. The summed E-state index contributed by atoms with van der Waals surface area (Å²) >= 11 is 0. The molecule has 1 fully saturated rings. The van der Waals surface area contributed by atoms with Crippen molar-refractivity contribution in [2.45, 2.75) is 33.1 Å². The Balaban J connectivity index is 2.25. The highest BCUT2D eigenvalue weighted by molar-refractivity contribution is 5.95. The van der Waals surface area contributed by atoms with Crippen LogP contribution in [-0.4, -0.2) is 17.0 Å². The van der Waals surface area contributed by atoms with Crippen molar-refractivity contribution in [3.8, 4) is 0 Å². The number of hydrogen-bond acceptors (Lipinski definition) is 2. The summed E-state index contributed by atoms with van der Waals surface area (Å²) < 4.78 is 27.0. The fraction of sp³-hybridized carbons (Fsp3) is 0.467. The molecule has 1 aliphatic rings. The maximum absolute atomic E-state index is 13.7. The first kappa shape index (κ1) is 15.4. The number of carboxylic acids is 1. The molecule has 6 heteroatoms. The molecule has 0 bridgehead atoms. The Bertz CT molecular complexity index is 599. The second-order valence-electron chi connectivity index (χ2n) is 6.04. The molecule has 114 valence electrons. The lowest BCUT2D eigenvalue weighted by molar-refractivity contribution is -0.122. The van der Waals surface area contributed by atoms with Gasteiger partial charge in [-0.3, -0.25) is 4.79 Å². The monoisotopic (exact) mass is 297 g/mol. The lowest BCUT2D eigenvalue weighted by Gasteiger charge is -2.26. The highest BCUT2D eigenvalue weighted by atomic mass is 19.1. The van der Waals surface area contributed by atoms with E-state index < -0.39 is 23.2 Å². The van der Waals surface area contributed by atoms with Gasteiger partial charge in [0.2, 0.25) is 5.91 Å². The quantitative estimate of drug-likeness (QED) is 0.898. The van der Waals surface area contributed by atoms with E-state index in [1.54, 1.807) is 0 Å². The van der Waals surface area contributed by atoms with Crippen LogP contribution in [0, 0.1) is 23.0 Å². The van der Waals surface area contributed by atoms with Crippen LogP contribution in [0.4, 0.5) is 14.5 Å². The number of halogens is 2. The molecule has 1 atom stereocenters. The fourth-order valence-electron chi connectivity index (χ4n) is 2.84. The van der Waals surface area contributed by atoms with Crippen LogP contribution in [0.15, 0.2) is 12.1 Å². The van der Waals surface area contributed by atoms with Gasteiger partial charge in [0, 0.05) is 12.0 Å². The minimum atomic E-state index is -1.51. The molecule has 2 rings (SSSR count). The Morgan fingerprint density at radius 1 is 1.29 bits per heavy atom. The third-order valence-corrected chi connectivity index (χ3v) is 4.12. The molecule has 1 aliphatic carbocycles. The highest BCUT2D eigenvalue weighted by Crippen LogP contribution is 2.43. The molecular weight excluding hydrogens is 280 g/mol. The minimum absolute atomic E-state index is 0.184. The van der Waals surface area contributed by atoms with Crippen LogP contribution in [0.5, 0.6) is 0 Å². The molecule has 1 aromatic rings. The second kappa shape index (κ2) is 5.42. The van der Waals surface area contributed by atoms with Crippen LogP contribution in [0.3, 0.4) is 0 Å². The van der Waals surface area contributed by atoms with Crippen LogP contribution in [0.1, 0.15) is 43.5 Å². The largest absolute Gasteiger partial charge is 0.478 e. The minimum Gasteiger partial charge on any atom is -0.478 e. The van der Waals surface area contributed by atoms with E-state index in [0.29, 0.717) is 12.5 Å². The highest BCUT2D eigenvalue weighted by Gasteiger charge is 2.39. The van der Waals surface area contributed by atoms with Gasteiger partial charge in [0.1, 0.15) is 11.6 Å². The maximum Gasteiger partial charge on any atom is 0.338 e. The van der Waals surface area contributed by atoms with Crippen LogP contribution >= 0.6 is 0 Å². The van der Waals surface area contributed by atoms with E-state index in [9.17, 15) is 18.4 Å². The Labute approximate surface area is 121 Å². The van der Waals surface area contributed by atoms with E-state index in [-0.39, 0.29) is 22.9 Å². The maximum atomic E-state index is 13.7. The van der Waals surface area contributed by atoms with Crippen molar-refractivity contribution in [2.24, 2.45) is 11.3 Å². The number of rotatable bonds is 3. The smallest absolute Gasteiger partial charge is 0.338 e. The number of amides is 1. The molecule has 0 heterocycles. The first-order valence-electron chi connectivity index (χ1n) is 6.75. The fourth-order valence-corrected chi connectivity index (χ4v) is 2.84. The van der Waals surface area contributed by atoms with Gasteiger partial charge >= 0.3 is 5.97 Å². The number of benzene rings is 1. The third kappa shape index (κ3) is 3.04. The first-order valence-corrected chi connectivity index (χ1v) is 6.75. The number of carbonyl (C=O) groups is 2. The van der Waals surface area contributed by atoms with E-state index in [1.165, 1.54) is 0 Å². The molecule has 1 amide bonds. The summed E-state index contributed by atoms with van der Waals surface area (Å²) in [5.74, 6) is -4.29. The van der Waals surface area contributed by atoms with Gasteiger partial charge in [-0.15, -0.1) is 0 Å². The molecule has 1 unspecified atom stereocenters. The molecule has 0 spiro atoms. The van der Waals surface area contributed by atoms with Crippen molar-refractivity contribution in [1.82, 2.24) is 0 Å². The summed E-state index contributed by atoms with van der Waals surface area (Å²) in [6.45, 7) is 3.93. The Kier molecular flexibility index (Phi) is 3.98. The van der Waals surface area contributed by atoms with E-state index >= 15 is 0 Å². The van der Waals surface area contributed by atoms with Gasteiger partial charge in [-0.1, -0.05) is 20.3 Å². The summed E-state index contributed by atoms with van der Waals surface area (Å²) in [5.41, 5.74) is -1.16. The van der Waals surface area contributed by atoms with Gasteiger partial charge in [-0.05, 0) is 24.3 Å². The summed E-state index contributed by atoms with van der Waals surface area (Å²) in [6.07, 6.45) is 2.52. The Morgan fingerprint density at radius 3 is 2.48 bits per heavy atom. The molecule has 4 nitrogen and oxygen atoms in total. The van der Waals surface area contributed by atoms with Crippen molar-refractivity contribution < 1.29 is 23.5 Å². The summed E-state index contributed by atoms with van der Waals surface area (Å²) in [7, 11) is 0. The van der Waals surface area contributed by atoms with Crippen LogP contribution in [0.25, 0.3) is 0 Å². The first-order chi connectivity index (χ1) is 9.72. The molecule has 0 radical (unpaired) electrons. The zero-order chi connectivity index (χ0) is 15.8. The molecular formula is C15H17F2NO3. The van der Waals surface area contributed by atoms with E-state index in [0.717, 1.165) is 18.9 Å². The summed E-state index contributed by atoms with van der Waals surface area (Å²) in [5, 5.41) is 11.2. The molecule has 0 saturated heterocycles. The van der Waals surface area contributed by atoms with Crippen molar-refractivity contribution in [2.75, 3.05) is 5.32 Å². The molecule has 21 heavy (non-hydrogen) atoms. The van der Waals surface area contributed by atoms with Crippen molar-refractivity contribution in [3.63, 3.8) is 0 Å². The van der Waals surface area contributed by atoms with Crippen molar-refractivity contribution in [1.29, 1.82) is 0 Å². The lowest BCUT2D eigenvalue weighted by atomic mass is 9.81. The van der Waals surface area contributed by atoms with Crippen molar-refractivity contribution in [3.05, 3.63) is 29.3 Å². The van der Waals surface area contributed by atoms with Crippen molar-refractivity contribution >= 4 is 17.6 Å². The van der Waals surface area contributed by atoms with Gasteiger partial charge in [-0.2, -0.15) is 0 Å². The van der Waals surface area contributed by atoms with Crippen LogP contribution in [0.2, 0.25) is 0 Å². The summed E-state index contributed by atoms with van der Waals surface area (Å²) in [6, 6.07) is 1.28. The van der Waals surface area contributed by atoms with E-state index in [4.69, 9.17) is 5.11 Å². The topological polar surface area (TPSA) is 66.4 Å². The normalized spacial score (nSPS) is 20.3. The molecule has 0 aromatic heterocycles. The number of hydrogen-bond donors (Lipinski definition) is 2. The average molecular weight is 297 g/mol. The zero-order valence-electron chi connectivity index (χ0n) is 11.9. The number of aromatic carboxylic acids is 1. The second-order valence-corrected chi connectivity index (χ2v) is 6.04. The van der Waals surface area contributed by atoms with Gasteiger partial charge in [0.05, 0.1) is 11.3 Å².